The molecule has 7 nitrogen and oxygen atoms in total. The summed E-state index contributed by atoms with van der Waals surface area (Å²) in [4.78, 5) is 22.6. The molecular formula is C18H18N2O5. The van der Waals surface area contributed by atoms with Crippen LogP contribution in [-0.4, -0.2) is 23.5 Å². The summed E-state index contributed by atoms with van der Waals surface area (Å²) in [6.07, 6.45) is 0.886. The number of hydrogen-bond donors (Lipinski definition) is 1. The zero-order valence-corrected chi connectivity index (χ0v) is 13.9. The summed E-state index contributed by atoms with van der Waals surface area (Å²) in [7, 11) is 0. The minimum Gasteiger partial charge on any atom is -0.492 e. The molecular weight excluding hydrogens is 324 g/mol. The highest BCUT2D eigenvalue weighted by atomic mass is 16.6. The molecule has 7 heteroatoms. The van der Waals surface area contributed by atoms with Gasteiger partial charge in [-0.25, -0.2) is 0 Å². The summed E-state index contributed by atoms with van der Waals surface area (Å²) in [6.45, 7) is 4.32. The fraction of sp³-hybridized carbons (Fsp3) is 0.278. The third kappa shape index (κ3) is 3.55. The van der Waals surface area contributed by atoms with Crippen molar-refractivity contribution in [3.05, 3.63) is 57.6 Å². The second-order valence-corrected chi connectivity index (χ2v) is 5.78. The van der Waals surface area contributed by atoms with Crippen molar-refractivity contribution >= 4 is 17.3 Å². The van der Waals surface area contributed by atoms with Gasteiger partial charge in [-0.1, -0.05) is 0 Å². The number of hydrogen-bond acceptors (Lipinski definition) is 5. The van der Waals surface area contributed by atoms with Crippen LogP contribution in [0.5, 0.6) is 11.5 Å². The quantitative estimate of drug-likeness (QED) is 0.662. The maximum atomic E-state index is 12.4. The van der Waals surface area contributed by atoms with Crippen LogP contribution in [0, 0.1) is 10.1 Å². The summed E-state index contributed by atoms with van der Waals surface area (Å²) >= 11 is 0. The topological polar surface area (TPSA) is 90.7 Å². The number of amides is 1. The SMILES string of the molecule is CCOc1cc2c(cc1NC(=O)c1ccc([N+](=O)[O-])cc1)O[C@@H](C)C2. The van der Waals surface area contributed by atoms with Crippen LogP contribution < -0.4 is 14.8 Å². The lowest BCUT2D eigenvalue weighted by Gasteiger charge is -2.13. The Morgan fingerprint density at radius 3 is 2.72 bits per heavy atom. The predicted octanol–water partition coefficient (Wildman–Crippen LogP) is 3.57. The molecule has 0 aromatic heterocycles. The number of benzene rings is 2. The Morgan fingerprint density at radius 1 is 1.36 bits per heavy atom. The van der Waals surface area contributed by atoms with Crippen LogP contribution in [0.25, 0.3) is 0 Å². The number of carbonyl (C=O) groups is 1. The van der Waals surface area contributed by atoms with Gasteiger partial charge in [0.15, 0.2) is 0 Å². The van der Waals surface area contributed by atoms with Crippen molar-refractivity contribution in [2.24, 2.45) is 0 Å². The molecule has 1 aliphatic rings. The number of anilines is 1. The summed E-state index contributed by atoms with van der Waals surface area (Å²) in [5.74, 6) is 0.936. The molecule has 1 heterocycles. The van der Waals surface area contributed by atoms with Crippen molar-refractivity contribution in [2.75, 3.05) is 11.9 Å². The van der Waals surface area contributed by atoms with Gasteiger partial charge in [-0.05, 0) is 32.0 Å². The van der Waals surface area contributed by atoms with Gasteiger partial charge in [-0.2, -0.15) is 0 Å². The number of non-ortho nitro benzene ring substituents is 1. The van der Waals surface area contributed by atoms with E-state index >= 15 is 0 Å². The highest BCUT2D eigenvalue weighted by molar-refractivity contribution is 6.05. The van der Waals surface area contributed by atoms with E-state index in [1.54, 1.807) is 6.07 Å². The number of rotatable bonds is 5. The number of fused-ring (bicyclic) bond motifs is 1. The van der Waals surface area contributed by atoms with E-state index in [-0.39, 0.29) is 17.7 Å². The molecule has 25 heavy (non-hydrogen) atoms. The molecule has 0 radical (unpaired) electrons. The van der Waals surface area contributed by atoms with E-state index in [1.165, 1.54) is 24.3 Å². The monoisotopic (exact) mass is 342 g/mol. The van der Waals surface area contributed by atoms with Gasteiger partial charge in [-0.3, -0.25) is 14.9 Å². The Hall–Kier alpha value is -3.09. The average Bonchev–Trinajstić information content (AvgIpc) is 2.94. The van der Waals surface area contributed by atoms with Gasteiger partial charge < -0.3 is 14.8 Å². The van der Waals surface area contributed by atoms with Crippen molar-refractivity contribution in [1.82, 2.24) is 0 Å². The van der Waals surface area contributed by atoms with Gasteiger partial charge in [0.25, 0.3) is 11.6 Å². The lowest BCUT2D eigenvalue weighted by molar-refractivity contribution is -0.384. The van der Waals surface area contributed by atoms with E-state index in [0.29, 0.717) is 23.6 Å². The third-order valence-electron chi connectivity index (χ3n) is 3.89. The second-order valence-electron chi connectivity index (χ2n) is 5.78. The minimum atomic E-state index is -0.506. The first kappa shape index (κ1) is 16.8. The molecule has 0 unspecified atom stereocenters. The lowest BCUT2D eigenvalue weighted by Crippen LogP contribution is -2.13. The molecule has 0 bridgehead atoms. The second kappa shape index (κ2) is 6.80. The lowest BCUT2D eigenvalue weighted by atomic mass is 10.1. The van der Waals surface area contributed by atoms with Crippen LogP contribution in [0.2, 0.25) is 0 Å². The molecule has 130 valence electrons. The smallest absolute Gasteiger partial charge is 0.269 e. The van der Waals surface area contributed by atoms with Crippen LogP contribution in [0.15, 0.2) is 36.4 Å². The maximum absolute atomic E-state index is 12.4. The van der Waals surface area contributed by atoms with Gasteiger partial charge >= 0.3 is 0 Å². The van der Waals surface area contributed by atoms with Crippen molar-refractivity contribution in [3.8, 4) is 11.5 Å². The zero-order chi connectivity index (χ0) is 18.0. The van der Waals surface area contributed by atoms with E-state index in [1.807, 2.05) is 19.9 Å². The Balaban J connectivity index is 1.85. The number of nitrogens with one attached hydrogen (secondary N) is 1. The Kier molecular flexibility index (Phi) is 4.56. The molecule has 1 atom stereocenters. The molecule has 3 rings (SSSR count). The molecule has 1 amide bonds. The first-order valence-corrected chi connectivity index (χ1v) is 8.00. The van der Waals surface area contributed by atoms with Crippen LogP contribution >= 0.6 is 0 Å². The van der Waals surface area contributed by atoms with Crippen molar-refractivity contribution in [1.29, 1.82) is 0 Å². The first-order valence-electron chi connectivity index (χ1n) is 8.00. The normalized spacial score (nSPS) is 15.2. The fourth-order valence-electron chi connectivity index (χ4n) is 2.74. The van der Waals surface area contributed by atoms with Crippen molar-refractivity contribution < 1.29 is 19.2 Å². The summed E-state index contributed by atoms with van der Waals surface area (Å²) in [6, 6.07) is 9.07. The van der Waals surface area contributed by atoms with Gasteiger partial charge in [-0.15, -0.1) is 0 Å². The van der Waals surface area contributed by atoms with Crippen LogP contribution in [0.1, 0.15) is 29.8 Å². The number of nitro groups is 1. The molecule has 0 saturated heterocycles. The number of carbonyl (C=O) groups excluding carboxylic acids is 1. The average molecular weight is 342 g/mol. The van der Waals surface area contributed by atoms with Gasteiger partial charge in [0, 0.05) is 35.7 Å². The maximum Gasteiger partial charge on any atom is 0.269 e. The van der Waals surface area contributed by atoms with E-state index < -0.39 is 4.92 Å². The standard InChI is InChI=1S/C18H18N2O5/c1-3-24-17-9-13-8-11(2)25-16(13)10-15(17)19-18(21)12-4-6-14(7-5-12)20(22)23/h4-7,9-11H,3,8H2,1-2H3,(H,19,21)/t11-/m0/s1. The summed E-state index contributed by atoms with van der Waals surface area (Å²) in [5, 5.41) is 13.5. The Morgan fingerprint density at radius 2 is 2.08 bits per heavy atom. The van der Waals surface area contributed by atoms with E-state index in [0.717, 1.165) is 17.7 Å². The molecule has 2 aromatic rings. The predicted molar refractivity (Wildman–Crippen MR) is 92.5 cm³/mol. The van der Waals surface area contributed by atoms with E-state index in [9.17, 15) is 14.9 Å². The Labute approximate surface area is 144 Å². The fourth-order valence-corrected chi connectivity index (χ4v) is 2.74. The van der Waals surface area contributed by atoms with Crippen molar-refractivity contribution in [2.45, 2.75) is 26.4 Å². The number of nitrogens with zero attached hydrogens (tertiary/aromatic N) is 1. The molecule has 0 aliphatic carbocycles. The molecule has 0 fully saturated rings. The molecule has 1 aliphatic heterocycles. The molecule has 1 N–H and O–H groups in total. The molecule has 0 saturated carbocycles. The number of nitro benzene ring substituents is 1. The number of ether oxygens (including phenoxy) is 2. The first-order chi connectivity index (χ1) is 12.0. The highest BCUT2D eigenvalue weighted by Crippen LogP contribution is 2.38. The highest BCUT2D eigenvalue weighted by Gasteiger charge is 2.23. The van der Waals surface area contributed by atoms with Crippen LogP contribution in [0.3, 0.4) is 0 Å². The van der Waals surface area contributed by atoms with Crippen LogP contribution in [-0.2, 0) is 6.42 Å². The van der Waals surface area contributed by atoms with E-state index in [4.69, 9.17) is 9.47 Å². The summed E-state index contributed by atoms with van der Waals surface area (Å²) < 4.78 is 11.4. The molecule has 2 aromatic carbocycles. The van der Waals surface area contributed by atoms with Gasteiger partial charge in [0.05, 0.1) is 17.2 Å². The van der Waals surface area contributed by atoms with Gasteiger partial charge in [0.1, 0.15) is 17.6 Å². The minimum absolute atomic E-state index is 0.0635. The van der Waals surface area contributed by atoms with Gasteiger partial charge in [0.2, 0.25) is 0 Å². The summed E-state index contributed by atoms with van der Waals surface area (Å²) in [5.41, 5.74) is 1.82. The van der Waals surface area contributed by atoms with Crippen LogP contribution in [0.4, 0.5) is 11.4 Å². The zero-order valence-electron chi connectivity index (χ0n) is 13.9. The molecule has 0 spiro atoms. The largest absolute Gasteiger partial charge is 0.492 e. The van der Waals surface area contributed by atoms with E-state index in [2.05, 4.69) is 5.32 Å². The van der Waals surface area contributed by atoms with Crippen molar-refractivity contribution in [3.63, 3.8) is 0 Å². The third-order valence-corrected chi connectivity index (χ3v) is 3.89. The Bertz CT molecular complexity index is 817.